The highest BCUT2D eigenvalue weighted by Crippen LogP contribution is 2.18. The van der Waals surface area contributed by atoms with Crippen molar-refractivity contribution in [1.82, 2.24) is 4.90 Å². The Balaban J connectivity index is 2.48. The number of nitrogens with zero attached hydrogens (tertiary/aromatic N) is 1. The van der Waals surface area contributed by atoms with Gasteiger partial charge in [-0.1, -0.05) is 0 Å². The van der Waals surface area contributed by atoms with E-state index in [2.05, 4.69) is 0 Å². The lowest BCUT2D eigenvalue weighted by atomic mass is 10.2. The molecule has 1 aliphatic heterocycles. The second-order valence-corrected chi connectivity index (χ2v) is 3.81. The maximum absolute atomic E-state index is 10.8. The normalized spacial score (nSPS) is 29.3. The van der Waals surface area contributed by atoms with E-state index in [4.69, 9.17) is 9.84 Å². The van der Waals surface area contributed by atoms with Crippen LogP contribution in [0.3, 0.4) is 0 Å². The van der Waals surface area contributed by atoms with Gasteiger partial charge in [-0.25, -0.2) is 0 Å². The van der Waals surface area contributed by atoms with E-state index < -0.39 is 24.2 Å². The summed E-state index contributed by atoms with van der Waals surface area (Å²) in [5, 5.41) is 27.7. The van der Waals surface area contributed by atoms with Crippen molar-refractivity contribution in [2.75, 3.05) is 26.8 Å². The molecule has 0 amide bonds. The van der Waals surface area contributed by atoms with Crippen LogP contribution in [0.5, 0.6) is 0 Å². The summed E-state index contributed by atoms with van der Waals surface area (Å²) in [6, 6.07) is -0.702. The Morgan fingerprint density at radius 2 is 2.33 bits per heavy atom. The average Bonchev–Trinajstić information content (AvgIpc) is 2.47. The van der Waals surface area contributed by atoms with E-state index in [0.717, 1.165) is 0 Å². The monoisotopic (exact) mass is 219 g/mol. The lowest BCUT2D eigenvalue weighted by molar-refractivity contribution is -0.142. The van der Waals surface area contributed by atoms with E-state index in [1.807, 2.05) is 0 Å². The maximum Gasteiger partial charge on any atom is 0.321 e. The number of β-amino-alcohol motifs (C(OH)–C–C–N with tert-alkyl or cyclic N) is 2. The third kappa shape index (κ3) is 3.42. The summed E-state index contributed by atoms with van der Waals surface area (Å²) in [6.07, 6.45) is -1.13. The van der Waals surface area contributed by atoms with Gasteiger partial charge in [0.25, 0.3) is 0 Å². The van der Waals surface area contributed by atoms with Gasteiger partial charge in [0.1, 0.15) is 6.04 Å². The number of aliphatic hydroxyl groups is 2. The third-order valence-electron chi connectivity index (χ3n) is 2.47. The predicted molar refractivity (Wildman–Crippen MR) is 51.5 cm³/mol. The van der Waals surface area contributed by atoms with Crippen LogP contribution < -0.4 is 0 Å². The van der Waals surface area contributed by atoms with Crippen LogP contribution in [0.25, 0.3) is 0 Å². The number of carbonyl (C=O) groups is 1. The zero-order valence-corrected chi connectivity index (χ0v) is 8.67. The lowest BCUT2D eigenvalue weighted by Crippen LogP contribution is -2.41. The maximum atomic E-state index is 10.8. The Kier molecular flexibility index (Phi) is 4.46. The summed E-state index contributed by atoms with van der Waals surface area (Å²) in [6.45, 7) is 0.665. The SMILES string of the molecule is COCC(O)CN1CC(O)CC1C(=O)O. The summed E-state index contributed by atoms with van der Waals surface area (Å²) in [5.74, 6) is -0.962. The summed E-state index contributed by atoms with van der Waals surface area (Å²) in [4.78, 5) is 12.4. The third-order valence-corrected chi connectivity index (χ3v) is 2.47. The Hall–Kier alpha value is -0.690. The molecule has 0 aromatic rings. The van der Waals surface area contributed by atoms with Crippen LogP contribution in [-0.4, -0.2) is 71.2 Å². The number of carboxylic acids is 1. The van der Waals surface area contributed by atoms with E-state index in [1.54, 1.807) is 4.90 Å². The highest BCUT2D eigenvalue weighted by Gasteiger charge is 2.36. The fourth-order valence-corrected chi connectivity index (χ4v) is 1.85. The Morgan fingerprint density at radius 1 is 1.67 bits per heavy atom. The van der Waals surface area contributed by atoms with Gasteiger partial charge < -0.3 is 20.1 Å². The molecule has 1 heterocycles. The molecule has 3 unspecified atom stereocenters. The number of aliphatic hydroxyl groups excluding tert-OH is 2. The van der Waals surface area contributed by atoms with Crippen LogP contribution in [-0.2, 0) is 9.53 Å². The second-order valence-electron chi connectivity index (χ2n) is 3.81. The number of aliphatic carboxylic acids is 1. The van der Waals surface area contributed by atoms with Crippen molar-refractivity contribution in [3.8, 4) is 0 Å². The zero-order valence-electron chi connectivity index (χ0n) is 8.67. The minimum atomic E-state index is -0.962. The van der Waals surface area contributed by atoms with Gasteiger partial charge in [-0.2, -0.15) is 0 Å². The molecule has 1 rings (SSSR count). The van der Waals surface area contributed by atoms with Crippen LogP contribution in [0.15, 0.2) is 0 Å². The predicted octanol–water partition coefficient (Wildman–Crippen LogP) is -1.49. The van der Waals surface area contributed by atoms with Gasteiger partial charge in [0.2, 0.25) is 0 Å². The van der Waals surface area contributed by atoms with Gasteiger partial charge >= 0.3 is 5.97 Å². The molecule has 0 spiro atoms. The van der Waals surface area contributed by atoms with E-state index in [1.165, 1.54) is 7.11 Å². The van der Waals surface area contributed by atoms with Crippen molar-refractivity contribution in [2.24, 2.45) is 0 Å². The Labute approximate surface area is 88.1 Å². The van der Waals surface area contributed by atoms with Crippen LogP contribution in [0.4, 0.5) is 0 Å². The molecule has 0 aromatic heterocycles. The molecule has 0 aliphatic carbocycles. The van der Waals surface area contributed by atoms with Gasteiger partial charge in [0.05, 0.1) is 18.8 Å². The van der Waals surface area contributed by atoms with Gasteiger partial charge in [-0.15, -0.1) is 0 Å². The van der Waals surface area contributed by atoms with Crippen molar-refractivity contribution in [3.63, 3.8) is 0 Å². The Morgan fingerprint density at radius 3 is 2.87 bits per heavy atom. The smallest absolute Gasteiger partial charge is 0.321 e. The quantitative estimate of drug-likeness (QED) is 0.522. The molecule has 1 fully saturated rings. The van der Waals surface area contributed by atoms with Crippen molar-refractivity contribution < 1.29 is 24.9 Å². The minimum Gasteiger partial charge on any atom is -0.480 e. The first-order chi connectivity index (χ1) is 7.04. The average molecular weight is 219 g/mol. The molecule has 6 heteroatoms. The van der Waals surface area contributed by atoms with Gasteiger partial charge in [-0.3, -0.25) is 9.69 Å². The van der Waals surface area contributed by atoms with E-state index in [-0.39, 0.29) is 26.1 Å². The van der Waals surface area contributed by atoms with Crippen molar-refractivity contribution in [2.45, 2.75) is 24.7 Å². The standard InChI is InChI=1S/C9H17NO5/c1-15-5-7(12)4-10-3-6(11)2-8(10)9(13)14/h6-8,11-12H,2-5H2,1H3,(H,13,14). The minimum absolute atomic E-state index is 0.166. The molecule has 0 saturated carbocycles. The molecule has 6 nitrogen and oxygen atoms in total. The van der Waals surface area contributed by atoms with Gasteiger partial charge in [0, 0.05) is 26.6 Å². The molecule has 0 aromatic carbocycles. The first-order valence-electron chi connectivity index (χ1n) is 4.86. The highest BCUT2D eigenvalue weighted by atomic mass is 16.5. The fraction of sp³-hybridized carbons (Fsp3) is 0.889. The molecule has 15 heavy (non-hydrogen) atoms. The molecule has 0 radical (unpaired) electrons. The molecule has 1 aliphatic rings. The number of methoxy groups -OCH3 is 1. The first-order valence-corrected chi connectivity index (χ1v) is 4.86. The zero-order chi connectivity index (χ0) is 11.4. The number of likely N-dealkylation sites (tertiary alicyclic amines) is 1. The van der Waals surface area contributed by atoms with Gasteiger partial charge in [0.15, 0.2) is 0 Å². The lowest BCUT2D eigenvalue weighted by Gasteiger charge is -2.23. The van der Waals surface area contributed by atoms with Crippen LogP contribution >= 0.6 is 0 Å². The second kappa shape index (κ2) is 5.41. The fourth-order valence-electron chi connectivity index (χ4n) is 1.85. The first kappa shape index (κ1) is 12.4. The number of rotatable bonds is 5. The molecule has 3 N–H and O–H groups in total. The molecular formula is C9H17NO5. The van der Waals surface area contributed by atoms with Gasteiger partial charge in [-0.05, 0) is 0 Å². The van der Waals surface area contributed by atoms with Crippen molar-refractivity contribution in [3.05, 3.63) is 0 Å². The molecule has 3 atom stereocenters. The van der Waals surface area contributed by atoms with E-state index in [0.29, 0.717) is 0 Å². The van der Waals surface area contributed by atoms with Crippen molar-refractivity contribution in [1.29, 1.82) is 0 Å². The summed E-state index contributed by atoms with van der Waals surface area (Å²) >= 11 is 0. The van der Waals surface area contributed by atoms with Crippen LogP contribution in [0, 0.1) is 0 Å². The number of carboxylic acid groups (broad SMARTS) is 1. The largest absolute Gasteiger partial charge is 0.480 e. The summed E-state index contributed by atoms with van der Waals surface area (Å²) in [5.41, 5.74) is 0. The molecular weight excluding hydrogens is 202 g/mol. The van der Waals surface area contributed by atoms with Crippen molar-refractivity contribution >= 4 is 5.97 Å². The van der Waals surface area contributed by atoms with E-state index in [9.17, 15) is 15.0 Å². The topological polar surface area (TPSA) is 90.2 Å². The summed E-state index contributed by atoms with van der Waals surface area (Å²) in [7, 11) is 1.47. The number of hydrogen-bond acceptors (Lipinski definition) is 5. The summed E-state index contributed by atoms with van der Waals surface area (Å²) < 4.78 is 4.75. The van der Waals surface area contributed by atoms with Crippen LogP contribution in [0.1, 0.15) is 6.42 Å². The highest BCUT2D eigenvalue weighted by molar-refractivity contribution is 5.74. The van der Waals surface area contributed by atoms with E-state index >= 15 is 0 Å². The number of ether oxygens (including phenoxy) is 1. The van der Waals surface area contributed by atoms with Crippen LogP contribution in [0.2, 0.25) is 0 Å². The molecule has 1 saturated heterocycles. The molecule has 0 bridgehead atoms. The Bertz CT molecular complexity index is 223. The number of hydrogen-bond donors (Lipinski definition) is 3. The molecule has 88 valence electrons.